The summed E-state index contributed by atoms with van der Waals surface area (Å²) in [4.78, 5) is 7.82. The number of rotatable bonds is 4. The van der Waals surface area contributed by atoms with E-state index >= 15 is 0 Å². The van der Waals surface area contributed by atoms with Crippen LogP contribution in [0.15, 0.2) is 11.6 Å². The van der Waals surface area contributed by atoms with Crippen LogP contribution in [-0.4, -0.2) is 29.5 Å². The Morgan fingerprint density at radius 3 is 3.07 bits per heavy atom. The quantitative estimate of drug-likeness (QED) is 0.853. The summed E-state index contributed by atoms with van der Waals surface area (Å²) < 4.78 is 2.14. The van der Waals surface area contributed by atoms with Crippen molar-refractivity contribution in [2.45, 2.75) is 13.3 Å². The lowest BCUT2D eigenvalue weighted by molar-refractivity contribution is 0.875. The fraction of sp³-hybridized carbons (Fsp3) is 0.500. The van der Waals surface area contributed by atoms with E-state index in [1.165, 1.54) is 5.69 Å². The standard InChI is InChI=1S/C10H16N4S/c1-3-13(2)9-8(4-5-11)14-6-7-15-10(14)12-9/h6-7H,3-5,11H2,1-2H3. The molecule has 2 rings (SSSR count). The molecule has 2 aromatic rings. The first-order chi connectivity index (χ1) is 7.27. The number of fused-ring (bicyclic) bond motifs is 1. The van der Waals surface area contributed by atoms with Gasteiger partial charge in [0.1, 0.15) is 0 Å². The Morgan fingerprint density at radius 2 is 2.40 bits per heavy atom. The zero-order valence-electron chi connectivity index (χ0n) is 9.10. The van der Waals surface area contributed by atoms with Gasteiger partial charge in [0.15, 0.2) is 10.8 Å². The average Bonchev–Trinajstić information content (AvgIpc) is 2.80. The van der Waals surface area contributed by atoms with Crippen LogP contribution >= 0.6 is 11.3 Å². The molecule has 5 heteroatoms. The molecule has 2 aromatic heterocycles. The lowest BCUT2D eigenvalue weighted by Gasteiger charge is -2.15. The molecule has 15 heavy (non-hydrogen) atoms. The van der Waals surface area contributed by atoms with E-state index in [0.29, 0.717) is 6.54 Å². The monoisotopic (exact) mass is 224 g/mol. The second-order valence-corrected chi connectivity index (χ2v) is 4.36. The van der Waals surface area contributed by atoms with Crippen LogP contribution in [0.5, 0.6) is 0 Å². The van der Waals surface area contributed by atoms with Gasteiger partial charge in [0.2, 0.25) is 0 Å². The van der Waals surface area contributed by atoms with Crippen LogP contribution in [0.25, 0.3) is 4.96 Å². The number of nitrogens with zero attached hydrogens (tertiary/aromatic N) is 3. The molecule has 0 aromatic carbocycles. The van der Waals surface area contributed by atoms with E-state index in [1.54, 1.807) is 11.3 Å². The fourth-order valence-corrected chi connectivity index (χ4v) is 2.37. The third-order valence-corrected chi connectivity index (χ3v) is 3.31. The number of imidazole rings is 1. The van der Waals surface area contributed by atoms with Gasteiger partial charge in [-0.15, -0.1) is 11.3 Å². The molecule has 0 amide bonds. The molecule has 0 saturated heterocycles. The molecule has 0 fully saturated rings. The Balaban J connectivity index is 2.51. The number of hydrogen-bond acceptors (Lipinski definition) is 4. The third kappa shape index (κ3) is 1.72. The van der Waals surface area contributed by atoms with Gasteiger partial charge in [-0.1, -0.05) is 0 Å². The Kier molecular flexibility index (Phi) is 2.93. The predicted molar refractivity (Wildman–Crippen MR) is 64.8 cm³/mol. The largest absolute Gasteiger partial charge is 0.358 e. The van der Waals surface area contributed by atoms with Crippen LogP contribution < -0.4 is 10.6 Å². The Labute approximate surface area is 93.3 Å². The maximum Gasteiger partial charge on any atom is 0.195 e. The highest BCUT2D eigenvalue weighted by Crippen LogP contribution is 2.23. The van der Waals surface area contributed by atoms with Gasteiger partial charge < -0.3 is 10.6 Å². The van der Waals surface area contributed by atoms with E-state index in [-0.39, 0.29) is 0 Å². The van der Waals surface area contributed by atoms with Crippen molar-refractivity contribution >= 4 is 22.1 Å². The van der Waals surface area contributed by atoms with Gasteiger partial charge in [-0.25, -0.2) is 4.98 Å². The van der Waals surface area contributed by atoms with Crippen molar-refractivity contribution < 1.29 is 0 Å². The Hall–Kier alpha value is -1.07. The minimum atomic E-state index is 0.661. The zero-order chi connectivity index (χ0) is 10.8. The van der Waals surface area contributed by atoms with Crippen molar-refractivity contribution in [3.8, 4) is 0 Å². The predicted octanol–water partition coefficient (Wildman–Crippen LogP) is 1.35. The van der Waals surface area contributed by atoms with Crippen LogP contribution in [0, 0.1) is 0 Å². The van der Waals surface area contributed by atoms with Crippen LogP contribution in [-0.2, 0) is 6.42 Å². The molecule has 2 N–H and O–H groups in total. The van der Waals surface area contributed by atoms with Gasteiger partial charge >= 0.3 is 0 Å². The highest BCUT2D eigenvalue weighted by molar-refractivity contribution is 7.15. The Bertz CT molecular complexity index is 445. The molecule has 0 radical (unpaired) electrons. The van der Waals surface area contributed by atoms with Gasteiger partial charge in [-0.2, -0.15) is 0 Å². The van der Waals surface area contributed by atoms with E-state index < -0.39 is 0 Å². The number of anilines is 1. The maximum absolute atomic E-state index is 5.63. The second kappa shape index (κ2) is 4.20. The van der Waals surface area contributed by atoms with Crippen molar-refractivity contribution in [2.75, 3.05) is 25.0 Å². The molecule has 0 aliphatic rings. The molecule has 0 spiro atoms. The molecule has 2 heterocycles. The van der Waals surface area contributed by atoms with E-state index in [2.05, 4.69) is 39.8 Å². The average molecular weight is 224 g/mol. The number of aromatic nitrogens is 2. The summed E-state index contributed by atoms with van der Waals surface area (Å²) in [5, 5.41) is 2.05. The first-order valence-corrected chi connectivity index (χ1v) is 6.01. The van der Waals surface area contributed by atoms with Crippen LogP contribution in [0.2, 0.25) is 0 Å². The Morgan fingerprint density at radius 1 is 1.60 bits per heavy atom. The van der Waals surface area contributed by atoms with Crippen molar-refractivity contribution in [3.05, 3.63) is 17.3 Å². The summed E-state index contributed by atoms with van der Waals surface area (Å²) in [6.07, 6.45) is 2.93. The van der Waals surface area contributed by atoms with Crippen molar-refractivity contribution in [3.63, 3.8) is 0 Å². The minimum Gasteiger partial charge on any atom is -0.358 e. The van der Waals surface area contributed by atoms with E-state index in [0.717, 1.165) is 23.7 Å². The number of nitrogens with two attached hydrogens (primary N) is 1. The van der Waals surface area contributed by atoms with Crippen molar-refractivity contribution in [1.82, 2.24) is 9.38 Å². The van der Waals surface area contributed by atoms with Crippen LogP contribution in [0.4, 0.5) is 5.82 Å². The van der Waals surface area contributed by atoms with E-state index in [9.17, 15) is 0 Å². The summed E-state index contributed by atoms with van der Waals surface area (Å²) >= 11 is 1.66. The second-order valence-electron chi connectivity index (χ2n) is 3.49. The first-order valence-electron chi connectivity index (χ1n) is 5.13. The molecular weight excluding hydrogens is 208 g/mol. The summed E-state index contributed by atoms with van der Waals surface area (Å²) in [6.45, 7) is 3.75. The zero-order valence-corrected chi connectivity index (χ0v) is 9.92. The molecule has 0 saturated carbocycles. The SMILES string of the molecule is CCN(C)c1nc2sccn2c1CCN. The molecule has 0 aliphatic carbocycles. The fourth-order valence-electron chi connectivity index (χ4n) is 1.65. The number of thiazole rings is 1. The van der Waals surface area contributed by atoms with Gasteiger partial charge in [0.05, 0.1) is 5.69 Å². The van der Waals surface area contributed by atoms with Gasteiger partial charge in [-0.05, 0) is 13.5 Å². The van der Waals surface area contributed by atoms with Crippen molar-refractivity contribution in [2.24, 2.45) is 5.73 Å². The van der Waals surface area contributed by atoms with Crippen molar-refractivity contribution in [1.29, 1.82) is 0 Å². The van der Waals surface area contributed by atoms with Gasteiger partial charge in [-0.3, -0.25) is 4.40 Å². The molecule has 82 valence electrons. The summed E-state index contributed by atoms with van der Waals surface area (Å²) in [5.41, 5.74) is 6.85. The lowest BCUT2D eigenvalue weighted by Crippen LogP contribution is -2.19. The highest BCUT2D eigenvalue weighted by atomic mass is 32.1. The molecule has 4 nitrogen and oxygen atoms in total. The molecule has 0 aliphatic heterocycles. The van der Waals surface area contributed by atoms with Crippen LogP contribution in [0.3, 0.4) is 0 Å². The first kappa shape index (κ1) is 10.4. The normalized spacial score (nSPS) is 11.1. The topological polar surface area (TPSA) is 46.6 Å². The van der Waals surface area contributed by atoms with Gasteiger partial charge in [0.25, 0.3) is 0 Å². The van der Waals surface area contributed by atoms with Gasteiger partial charge in [0, 0.05) is 31.6 Å². The molecule has 0 unspecified atom stereocenters. The summed E-state index contributed by atoms with van der Waals surface area (Å²) in [7, 11) is 2.06. The van der Waals surface area contributed by atoms with E-state index in [4.69, 9.17) is 5.73 Å². The third-order valence-electron chi connectivity index (χ3n) is 2.56. The summed E-state index contributed by atoms with van der Waals surface area (Å²) in [5.74, 6) is 1.06. The molecule has 0 atom stereocenters. The molecular formula is C10H16N4S. The lowest BCUT2D eigenvalue weighted by atomic mass is 10.3. The summed E-state index contributed by atoms with van der Waals surface area (Å²) in [6, 6.07) is 0. The van der Waals surface area contributed by atoms with E-state index in [1.807, 2.05) is 0 Å². The minimum absolute atomic E-state index is 0.661. The smallest absolute Gasteiger partial charge is 0.195 e. The maximum atomic E-state index is 5.63. The highest BCUT2D eigenvalue weighted by Gasteiger charge is 2.14. The van der Waals surface area contributed by atoms with Crippen LogP contribution in [0.1, 0.15) is 12.6 Å². The number of hydrogen-bond donors (Lipinski definition) is 1. The molecule has 0 bridgehead atoms.